The molecular formula is C27H23N3OS. The van der Waals surface area contributed by atoms with Crippen LogP contribution in [0.1, 0.15) is 29.3 Å². The van der Waals surface area contributed by atoms with Gasteiger partial charge in [-0.05, 0) is 54.4 Å². The summed E-state index contributed by atoms with van der Waals surface area (Å²) in [7, 11) is 0. The predicted octanol–water partition coefficient (Wildman–Crippen LogP) is 5.40. The Hall–Kier alpha value is -3.44. The molecule has 1 aromatic heterocycles. The number of hydrogen-bond acceptors (Lipinski definition) is 2. The lowest BCUT2D eigenvalue weighted by Gasteiger charge is -2.37. The summed E-state index contributed by atoms with van der Waals surface area (Å²) in [4.78, 5) is 21.2. The van der Waals surface area contributed by atoms with Crippen LogP contribution in [-0.2, 0) is 17.6 Å². The summed E-state index contributed by atoms with van der Waals surface area (Å²) in [5, 5.41) is 1.82. The molecule has 4 aromatic rings. The van der Waals surface area contributed by atoms with Crippen LogP contribution in [-0.4, -0.2) is 26.9 Å². The zero-order chi connectivity index (χ0) is 21.7. The van der Waals surface area contributed by atoms with Crippen LogP contribution < -0.4 is 4.90 Å². The van der Waals surface area contributed by atoms with Gasteiger partial charge < -0.3 is 9.88 Å². The highest BCUT2D eigenvalue weighted by Crippen LogP contribution is 2.43. The van der Waals surface area contributed by atoms with Gasteiger partial charge in [-0.2, -0.15) is 0 Å². The van der Waals surface area contributed by atoms with E-state index < -0.39 is 0 Å². The predicted molar refractivity (Wildman–Crippen MR) is 132 cm³/mol. The Morgan fingerprint density at radius 2 is 1.59 bits per heavy atom. The number of aryl methyl sites for hydroxylation is 1. The quantitative estimate of drug-likeness (QED) is 0.435. The first-order chi connectivity index (χ1) is 15.7. The number of carbonyl (C=O) groups excluding carboxylic acids is 1. The topological polar surface area (TPSA) is 39.3 Å². The fourth-order valence-electron chi connectivity index (χ4n) is 5.25. The highest BCUT2D eigenvalue weighted by atomic mass is 32.1. The number of benzene rings is 3. The molecule has 2 atom stereocenters. The smallest absolute Gasteiger partial charge is 0.256 e. The summed E-state index contributed by atoms with van der Waals surface area (Å²) in [6.45, 7) is 0. The molecule has 158 valence electrons. The van der Waals surface area contributed by atoms with Gasteiger partial charge in [-0.3, -0.25) is 9.69 Å². The highest BCUT2D eigenvalue weighted by Gasteiger charge is 2.50. The molecule has 0 unspecified atom stereocenters. The van der Waals surface area contributed by atoms with Gasteiger partial charge in [0.1, 0.15) is 6.04 Å². The number of fused-ring (bicyclic) bond motifs is 4. The number of amides is 1. The zero-order valence-corrected chi connectivity index (χ0v) is 18.4. The molecule has 1 N–H and O–H groups in total. The number of aromatic nitrogens is 1. The molecule has 0 spiro atoms. The Labute approximate surface area is 192 Å². The maximum Gasteiger partial charge on any atom is 0.256 e. The molecule has 1 amide bonds. The molecule has 0 radical (unpaired) electrons. The van der Waals surface area contributed by atoms with Gasteiger partial charge in [-0.15, -0.1) is 0 Å². The molecule has 4 nitrogen and oxygen atoms in total. The van der Waals surface area contributed by atoms with Crippen LogP contribution in [0, 0.1) is 0 Å². The molecule has 1 fully saturated rings. The van der Waals surface area contributed by atoms with Gasteiger partial charge in [0.2, 0.25) is 0 Å². The molecular weight excluding hydrogens is 414 g/mol. The number of hydrogen-bond donors (Lipinski definition) is 1. The van der Waals surface area contributed by atoms with Crippen molar-refractivity contribution in [3.05, 3.63) is 102 Å². The summed E-state index contributed by atoms with van der Waals surface area (Å²) in [5.74, 6) is 0.0712. The summed E-state index contributed by atoms with van der Waals surface area (Å²) >= 11 is 5.93. The minimum atomic E-state index is -0.268. The third-order valence-corrected chi connectivity index (χ3v) is 7.12. The fourth-order valence-corrected chi connectivity index (χ4v) is 5.70. The van der Waals surface area contributed by atoms with Gasteiger partial charge in [0.15, 0.2) is 5.11 Å². The molecule has 0 saturated carbocycles. The van der Waals surface area contributed by atoms with Crippen molar-refractivity contribution < 1.29 is 4.79 Å². The zero-order valence-electron chi connectivity index (χ0n) is 17.6. The van der Waals surface area contributed by atoms with Crippen molar-refractivity contribution in [3.63, 3.8) is 0 Å². The van der Waals surface area contributed by atoms with Crippen LogP contribution in [0.4, 0.5) is 5.69 Å². The number of H-pyrrole nitrogens is 1. The molecule has 1 saturated heterocycles. The lowest BCUT2D eigenvalue weighted by Crippen LogP contribution is -2.43. The number of nitrogens with one attached hydrogen (secondary N) is 1. The average molecular weight is 438 g/mol. The Bertz CT molecular complexity index is 1310. The second-order valence-electron chi connectivity index (χ2n) is 8.52. The number of para-hydroxylation sites is 2. The van der Waals surface area contributed by atoms with Gasteiger partial charge in [0.25, 0.3) is 5.91 Å². The van der Waals surface area contributed by atoms with E-state index in [0.717, 1.165) is 24.0 Å². The van der Waals surface area contributed by atoms with Crippen molar-refractivity contribution in [1.29, 1.82) is 0 Å². The lowest BCUT2D eigenvalue weighted by molar-refractivity contribution is -0.120. The third-order valence-electron chi connectivity index (χ3n) is 6.73. The summed E-state index contributed by atoms with van der Waals surface area (Å²) < 4.78 is 0. The Kier molecular flexibility index (Phi) is 4.58. The number of anilines is 1. The molecule has 2 aliphatic heterocycles. The second-order valence-corrected chi connectivity index (χ2v) is 8.89. The van der Waals surface area contributed by atoms with E-state index in [1.54, 1.807) is 4.90 Å². The van der Waals surface area contributed by atoms with E-state index in [4.69, 9.17) is 12.2 Å². The first-order valence-electron chi connectivity index (χ1n) is 11.1. The standard InChI is InChI=1S/C27H23N3OS/c31-26-24-17-21-20-13-7-8-14-22(20)28-25(21)23(16-15-18-9-3-1-4-10-18)30(24)27(32)29(26)19-11-5-2-6-12-19/h1-14,23-24,28H,15-17H2/t23-,24+/m0/s1. The van der Waals surface area contributed by atoms with Crippen molar-refractivity contribution in [2.75, 3.05) is 4.90 Å². The highest BCUT2D eigenvalue weighted by molar-refractivity contribution is 7.80. The lowest BCUT2D eigenvalue weighted by atomic mass is 9.89. The van der Waals surface area contributed by atoms with Crippen molar-refractivity contribution in [1.82, 2.24) is 9.88 Å². The van der Waals surface area contributed by atoms with Crippen LogP contribution in [0.5, 0.6) is 0 Å². The first-order valence-corrected chi connectivity index (χ1v) is 11.5. The van der Waals surface area contributed by atoms with E-state index in [2.05, 4.69) is 58.4 Å². The van der Waals surface area contributed by atoms with E-state index in [1.807, 2.05) is 36.4 Å². The van der Waals surface area contributed by atoms with Crippen molar-refractivity contribution >= 4 is 39.8 Å². The summed E-state index contributed by atoms with van der Waals surface area (Å²) in [6.07, 6.45) is 2.48. The normalized spacial score (nSPS) is 20.0. The Morgan fingerprint density at radius 1 is 0.906 bits per heavy atom. The van der Waals surface area contributed by atoms with E-state index >= 15 is 0 Å². The van der Waals surface area contributed by atoms with E-state index in [-0.39, 0.29) is 18.0 Å². The van der Waals surface area contributed by atoms with E-state index in [9.17, 15) is 4.79 Å². The van der Waals surface area contributed by atoms with Crippen molar-refractivity contribution in [2.24, 2.45) is 0 Å². The van der Waals surface area contributed by atoms with Gasteiger partial charge >= 0.3 is 0 Å². The van der Waals surface area contributed by atoms with E-state index in [0.29, 0.717) is 11.5 Å². The van der Waals surface area contributed by atoms with Crippen LogP contribution in [0.3, 0.4) is 0 Å². The number of nitrogens with zero attached hydrogens (tertiary/aromatic N) is 2. The van der Waals surface area contributed by atoms with Crippen LogP contribution >= 0.6 is 12.2 Å². The molecule has 32 heavy (non-hydrogen) atoms. The van der Waals surface area contributed by atoms with Crippen LogP contribution in [0.15, 0.2) is 84.9 Å². The molecule has 2 aliphatic rings. The minimum Gasteiger partial charge on any atom is -0.356 e. The number of thiocarbonyl (C=S) groups is 1. The Morgan fingerprint density at radius 3 is 2.38 bits per heavy atom. The fraction of sp³-hybridized carbons (Fsp3) is 0.185. The third kappa shape index (κ3) is 2.96. The number of aromatic amines is 1. The largest absolute Gasteiger partial charge is 0.356 e. The maximum absolute atomic E-state index is 13.6. The van der Waals surface area contributed by atoms with Crippen LogP contribution in [0.25, 0.3) is 10.9 Å². The monoisotopic (exact) mass is 437 g/mol. The van der Waals surface area contributed by atoms with E-state index in [1.165, 1.54) is 22.2 Å². The molecule has 0 bridgehead atoms. The first kappa shape index (κ1) is 19.3. The Balaban J connectivity index is 1.44. The van der Waals surface area contributed by atoms with Crippen LogP contribution in [0.2, 0.25) is 0 Å². The van der Waals surface area contributed by atoms with Crippen molar-refractivity contribution in [2.45, 2.75) is 31.3 Å². The molecule has 6 rings (SSSR count). The number of carbonyl (C=O) groups is 1. The molecule has 5 heteroatoms. The average Bonchev–Trinajstić information content (AvgIpc) is 3.33. The summed E-state index contributed by atoms with van der Waals surface area (Å²) in [5.41, 5.74) is 5.71. The maximum atomic E-state index is 13.6. The molecule has 0 aliphatic carbocycles. The van der Waals surface area contributed by atoms with Gasteiger partial charge in [0.05, 0.1) is 11.7 Å². The van der Waals surface area contributed by atoms with Gasteiger partial charge in [-0.25, -0.2) is 0 Å². The SMILES string of the molecule is O=C1[C@H]2Cc3c([nH]c4ccccc34)[C@H](CCc3ccccc3)N2C(=S)N1c1ccccc1. The van der Waals surface area contributed by atoms with Crippen molar-refractivity contribution in [3.8, 4) is 0 Å². The second kappa shape index (κ2) is 7.61. The molecule has 3 aromatic carbocycles. The number of rotatable bonds is 4. The minimum absolute atomic E-state index is 0.0292. The van der Waals surface area contributed by atoms with Gasteiger partial charge in [-0.1, -0.05) is 66.7 Å². The summed E-state index contributed by atoms with van der Waals surface area (Å²) in [6, 6.07) is 28.4. The molecule has 3 heterocycles. The van der Waals surface area contributed by atoms with Gasteiger partial charge in [0, 0.05) is 23.0 Å².